The summed E-state index contributed by atoms with van der Waals surface area (Å²) in [6.45, 7) is 0. The molecule has 2 amide bonds. The summed E-state index contributed by atoms with van der Waals surface area (Å²) in [5.74, 6) is -0.746. The van der Waals surface area contributed by atoms with Crippen molar-refractivity contribution < 1.29 is 9.59 Å². The number of hydrogen-bond acceptors (Lipinski definition) is 4. The average molecular weight is 298 g/mol. The van der Waals surface area contributed by atoms with E-state index < -0.39 is 0 Å². The standard InChI is InChI=1S/C16H18N4O2/c1-17-19-15(21)13-10-6-9-12(11-7-4-3-5-8-11)14(13)16(22)20-18-2/h3-10,17-18H,1-2H3,(H,19,21)(H,20,22). The largest absolute Gasteiger partial charge is 0.288 e. The van der Waals surface area contributed by atoms with Crippen molar-refractivity contribution in [1.29, 1.82) is 0 Å². The zero-order valence-corrected chi connectivity index (χ0v) is 12.4. The summed E-state index contributed by atoms with van der Waals surface area (Å²) >= 11 is 0. The van der Waals surface area contributed by atoms with Crippen LogP contribution in [0.15, 0.2) is 48.5 Å². The van der Waals surface area contributed by atoms with E-state index in [0.717, 1.165) is 5.56 Å². The molecule has 4 N–H and O–H groups in total. The van der Waals surface area contributed by atoms with Crippen LogP contribution in [0.3, 0.4) is 0 Å². The van der Waals surface area contributed by atoms with Crippen molar-refractivity contribution in [2.75, 3.05) is 14.1 Å². The first-order valence-electron chi connectivity index (χ1n) is 6.81. The minimum atomic E-state index is -0.374. The van der Waals surface area contributed by atoms with E-state index in [-0.39, 0.29) is 11.8 Å². The van der Waals surface area contributed by atoms with E-state index in [9.17, 15) is 9.59 Å². The lowest BCUT2D eigenvalue weighted by molar-refractivity contribution is 0.0904. The Balaban J connectivity index is 2.60. The van der Waals surface area contributed by atoms with Gasteiger partial charge in [0.15, 0.2) is 0 Å². The highest BCUT2D eigenvalue weighted by Crippen LogP contribution is 2.26. The molecule has 2 aromatic carbocycles. The molecule has 0 spiro atoms. The van der Waals surface area contributed by atoms with E-state index in [1.807, 2.05) is 36.4 Å². The van der Waals surface area contributed by atoms with Crippen LogP contribution in [0.2, 0.25) is 0 Å². The molecule has 0 aromatic heterocycles. The van der Waals surface area contributed by atoms with Crippen LogP contribution >= 0.6 is 0 Å². The van der Waals surface area contributed by atoms with Gasteiger partial charge in [0, 0.05) is 14.1 Å². The molecule has 0 radical (unpaired) electrons. The van der Waals surface area contributed by atoms with Crippen LogP contribution in [-0.2, 0) is 0 Å². The monoisotopic (exact) mass is 298 g/mol. The van der Waals surface area contributed by atoms with Crippen molar-refractivity contribution in [3.05, 3.63) is 59.7 Å². The van der Waals surface area contributed by atoms with Gasteiger partial charge in [-0.05, 0) is 17.2 Å². The van der Waals surface area contributed by atoms with Crippen molar-refractivity contribution in [2.24, 2.45) is 0 Å². The molecule has 0 aliphatic rings. The van der Waals surface area contributed by atoms with E-state index in [1.165, 1.54) is 0 Å². The molecule has 22 heavy (non-hydrogen) atoms. The Kier molecular flexibility index (Phi) is 5.24. The van der Waals surface area contributed by atoms with Crippen LogP contribution in [0.1, 0.15) is 20.7 Å². The molecule has 6 nitrogen and oxygen atoms in total. The van der Waals surface area contributed by atoms with Crippen molar-refractivity contribution in [3.63, 3.8) is 0 Å². The van der Waals surface area contributed by atoms with Crippen LogP contribution < -0.4 is 21.7 Å². The number of hydrazine groups is 2. The predicted octanol–water partition coefficient (Wildman–Crippen LogP) is 1.08. The Morgan fingerprint density at radius 2 is 1.41 bits per heavy atom. The lowest BCUT2D eigenvalue weighted by Crippen LogP contribution is -2.38. The maximum absolute atomic E-state index is 12.4. The number of rotatable bonds is 5. The van der Waals surface area contributed by atoms with Gasteiger partial charge in [0.1, 0.15) is 0 Å². The second-order valence-electron chi connectivity index (χ2n) is 4.50. The lowest BCUT2D eigenvalue weighted by Gasteiger charge is -2.14. The van der Waals surface area contributed by atoms with E-state index in [2.05, 4.69) is 21.7 Å². The van der Waals surface area contributed by atoms with Crippen molar-refractivity contribution in [3.8, 4) is 11.1 Å². The van der Waals surface area contributed by atoms with E-state index in [1.54, 1.807) is 26.2 Å². The van der Waals surface area contributed by atoms with Gasteiger partial charge in [-0.2, -0.15) is 0 Å². The molecule has 0 saturated carbocycles. The van der Waals surface area contributed by atoms with Gasteiger partial charge in [0.25, 0.3) is 11.8 Å². The van der Waals surface area contributed by atoms with Crippen LogP contribution in [-0.4, -0.2) is 25.9 Å². The average Bonchev–Trinajstić information content (AvgIpc) is 2.55. The highest BCUT2D eigenvalue weighted by atomic mass is 16.2. The lowest BCUT2D eigenvalue weighted by atomic mass is 9.94. The Hall–Kier alpha value is -2.70. The van der Waals surface area contributed by atoms with Crippen molar-refractivity contribution in [1.82, 2.24) is 21.7 Å². The van der Waals surface area contributed by atoms with Gasteiger partial charge in [-0.3, -0.25) is 20.4 Å². The van der Waals surface area contributed by atoms with Gasteiger partial charge in [-0.1, -0.05) is 42.5 Å². The first kappa shape index (κ1) is 15.7. The Bertz CT molecular complexity index is 671. The van der Waals surface area contributed by atoms with Crippen molar-refractivity contribution in [2.45, 2.75) is 0 Å². The minimum Gasteiger partial charge on any atom is -0.288 e. The summed E-state index contributed by atoms with van der Waals surface area (Å²) in [5, 5.41) is 0. The van der Waals surface area contributed by atoms with Gasteiger partial charge in [0.05, 0.1) is 11.1 Å². The SMILES string of the molecule is CNNC(=O)c1cccc(-c2ccccc2)c1C(=O)NNC. The first-order valence-corrected chi connectivity index (χ1v) is 6.81. The number of amides is 2. The Labute approximate surface area is 128 Å². The molecule has 0 fully saturated rings. The van der Waals surface area contributed by atoms with E-state index >= 15 is 0 Å². The zero-order valence-electron chi connectivity index (χ0n) is 12.4. The molecule has 2 rings (SSSR count). The third-order valence-electron chi connectivity index (χ3n) is 3.10. The minimum absolute atomic E-state index is 0.295. The molecule has 114 valence electrons. The molecule has 0 aliphatic heterocycles. The quantitative estimate of drug-likeness (QED) is 0.623. The maximum atomic E-state index is 12.4. The molecule has 0 bridgehead atoms. The normalized spacial score (nSPS) is 10.1. The van der Waals surface area contributed by atoms with Gasteiger partial charge < -0.3 is 0 Å². The molecule has 6 heteroatoms. The summed E-state index contributed by atoms with van der Waals surface area (Å²) < 4.78 is 0. The van der Waals surface area contributed by atoms with Crippen LogP contribution in [0.5, 0.6) is 0 Å². The van der Waals surface area contributed by atoms with E-state index in [0.29, 0.717) is 16.7 Å². The third-order valence-corrected chi connectivity index (χ3v) is 3.10. The summed E-state index contributed by atoms with van der Waals surface area (Å²) in [4.78, 5) is 24.6. The third kappa shape index (κ3) is 3.30. The summed E-state index contributed by atoms with van der Waals surface area (Å²) in [7, 11) is 3.18. The highest BCUT2D eigenvalue weighted by molar-refractivity contribution is 6.11. The second kappa shape index (κ2) is 7.35. The second-order valence-corrected chi connectivity index (χ2v) is 4.50. The zero-order chi connectivity index (χ0) is 15.9. The Morgan fingerprint density at radius 1 is 0.773 bits per heavy atom. The summed E-state index contributed by atoms with van der Waals surface area (Å²) in [5.41, 5.74) is 12.3. The molecule has 0 unspecified atom stereocenters. The van der Waals surface area contributed by atoms with Crippen LogP contribution in [0.4, 0.5) is 0 Å². The summed E-state index contributed by atoms with van der Waals surface area (Å²) in [6, 6.07) is 14.6. The topological polar surface area (TPSA) is 82.3 Å². The smallest absolute Gasteiger partial charge is 0.266 e. The number of benzene rings is 2. The number of nitrogens with one attached hydrogen (secondary N) is 4. The molecular weight excluding hydrogens is 280 g/mol. The molecule has 0 aliphatic carbocycles. The number of hydrogen-bond donors (Lipinski definition) is 4. The van der Waals surface area contributed by atoms with E-state index in [4.69, 9.17) is 0 Å². The van der Waals surface area contributed by atoms with Gasteiger partial charge in [0.2, 0.25) is 0 Å². The molecule has 0 atom stereocenters. The maximum Gasteiger partial charge on any atom is 0.266 e. The fourth-order valence-corrected chi connectivity index (χ4v) is 2.20. The first-order chi connectivity index (χ1) is 10.7. The number of carbonyl (C=O) groups is 2. The van der Waals surface area contributed by atoms with Crippen LogP contribution in [0.25, 0.3) is 11.1 Å². The van der Waals surface area contributed by atoms with Gasteiger partial charge >= 0.3 is 0 Å². The van der Waals surface area contributed by atoms with Crippen LogP contribution in [0, 0.1) is 0 Å². The number of carbonyl (C=O) groups excluding carboxylic acids is 2. The fraction of sp³-hybridized carbons (Fsp3) is 0.125. The van der Waals surface area contributed by atoms with Gasteiger partial charge in [-0.15, -0.1) is 0 Å². The Morgan fingerprint density at radius 3 is 2.05 bits per heavy atom. The predicted molar refractivity (Wildman–Crippen MR) is 84.9 cm³/mol. The van der Waals surface area contributed by atoms with Gasteiger partial charge in [-0.25, -0.2) is 10.9 Å². The molecule has 0 saturated heterocycles. The molecule has 2 aromatic rings. The summed E-state index contributed by atoms with van der Waals surface area (Å²) in [6.07, 6.45) is 0. The van der Waals surface area contributed by atoms with Crippen molar-refractivity contribution >= 4 is 11.8 Å². The fourth-order valence-electron chi connectivity index (χ4n) is 2.20. The highest BCUT2D eigenvalue weighted by Gasteiger charge is 2.21. The molecular formula is C16H18N4O2. The molecule has 0 heterocycles.